The van der Waals surface area contributed by atoms with Gasteiger partial charge in [-0.2, -0.15) is 15.1 Å². The highest BCUT2D eigenvalue weighted by Gasteiger charge is 2.19. The first-order chi connectivity index (χ1) is 17.7. The summed E-state index contributed by atoms with van der Waals surface area (Å²) in [6.07, 6.45) is 1.69. The van der Waals surface area contributed by atoms with Crippen molar-refractivity contribution in [2.45, 2.75) is 6.61 Å². The Kier molecular flexibility index (Phi) is 8.12. The Morgan fingerprint density at radius 2 is 1.64 bits per heavy atom. The Hall–Kier alpha value is -3.40. The van der Waals surface area contributed by atoms with Crippen molar-refractivity contribution in [3.8, 4) is 5.75 Å². The third kappa shape index (κ3) is 6.42. The van der Waals surface area contributed by atoms with Crippen molar-refractivity contribution in [1.29, 1.82) is 0 Å². The van der Waals surface area contributed by atoms with Crippen LogP contribution in [0.3, 0.4) is 0 Å². The number of benzene rings is 2. The highest BCUT2D eigenvalue weighted by molar-refractivity contribution is 6.30. The van der Waals surface area contributed by atoms with Gasteiger partial charge in [0, 0.05) is 42.8 Å². The molecule has 0 unspecified atom stereocenters. The van der Waals surface area contributed by atoms with Gasteiger partial charge in [0.1, 0.15) is 18.2 Å². The van der Waals surface area contributed by atoms with Crippen molar-refractivity contribution in [2.24, 2.45) is 5.10 Å². The molecule has 2 saturated heterocycles. The minimum absolute atomic E-state index is 0.453. The van der Waals surface area contributed by atoms with Crippen molar-refractivity contribution in [1.82, 2.24) is 9.97 Å². The molecule has 2 aromatic carbocycles. The molecule has 2 fully saturated rings. The lowest BCUT2D eigenvalue weighted by Gasteiger charge is -2.31. The second kappa shape index (κ2) is 12.0. The molecule has 0 bridgehead atoms. The van der Waals surface area contributed by atoms with Gasteiger partial charge >= 0.3 is 0 Å². The molecule has 9 nitrogen and oxygen atoms in total. The maximum absolute atomic E-state index is 6.25. The van der Waals surface area contributed by atoms with E-state index < -0.39 is 0 Å². The fourth-order valence-corrected chi connectivity index (χ4v) is 4.17. The summed E-state index contributed by atoms with van der Waals surface area (Å²) in [6.45, 7) is 6.20. The molecule has 1 N–H and O–H groups in total. The smallest absolute Gasteiger partial charge is 0.229 e. The fraction of sp³-hybridized carbons (Fsp3) is 0.346. The van der Waals surface area contributed by atoms with Crippen molar-refractivity contribution < 1.29 is 14.2 Å². The van der Waals surface area contributed by atoms with Gasteiger partial charge in [-0.05, 0) is 23.8 Å². The summed E-state index contributed by atoms with van der Waals surface area (Å²) >= 11 is 6.25. The summed E-state index contributed by atoms with van der Waals surface area (Å²) in [7, 11) is 0. The minimum Gasteiger partial charge on any atom is -0.488 e. The lowest BCUT2D eigenvalue weighted by atomic mass is 10.2. The summed E-state index contributed by atoms with van der Waals surface area (Å²) in [6, 6.07) is 17.4. The van der Waals surface area contributed by atoms with E-state index in [0.29, 0.717) is 55.6 Å². The van der Waals surface area contributed by atoms with E-state index in [1.54, 1.807) is 12.3 Å². The van der Waals surface area contributed by atoms with Gasteiger partial charge < -0.3 is 24.0 Å². The van der Waals surface area contributed by atoms with Crippen molar-refractivity contribution in [3.05, 3.63) is 70.7 Å². The zero-order valence-electron chi connectivity index (χ0n) is 20.0. The van der Waals surface area contributed by atoms with E-state index in [0.717, 1.165) is 43.1 Å². The molecule has 0 atom stereocenters. The average Bonchev–Trinajstić information content (AvgIpc) is 2.94. The minimum atomic E-state index is 0.453. The third-order valence-electron chi connectivity index (χ3n) is 5.92. The van der Waals surface area contributed by atoms with Crippen molar-refractivity contribution >= 4 is 35.4 Å². The Morgan fingerprint density at radius 3 is 2.39 bits per heavy atom. The number of halogens is 1. The standard InChI is InChI=1S/C26H29ClN6O3/c27-22-6-7-23(36-19-20-4-2-1-3-5-20)21(16-22)18-28-31-24-17-25(32-8-12-34-13-9-32)30-26(29-24)33-10-14-35-15-11-33/h1-7,16-18H,8-15,19H2,(H,29,30,31). The van der Waals surface area contributed by atoms with Crippen LogP contribution in [0, 0.1) is 0 Å². The van der Waals surface area contributed by atoms with Gasteiger partial charge in [0.15, 0.2) is 5.82 Å². The molecule has 0 amide bonds. The molecule has 1 aromatic heterocycles. The Labute approximate surface area is 215 Å². The largest absolute Gasteiger partial charge is 0.488 e. The van der Waals surface area contributed by atoms with Gasteiger partial charge in [0.05, 0.1) is 32.6 Å². The molecule has 0 aliphatic carbocycles. The third-order valence-corrected chi connectivity index (χ3v) is 6.16. The molecular formula is C26H29ClN6O3. The van der Waals surface area contributed by atoms with E-state index in [1.807, 2.05) is 48.5 Å². The maximum Gasteiger partial charge on any atom is 0.229 e. The molecule has 0 spiro atoms. The highest BCUT2D eigenvalue weighted by atomic mass is 35.5. The number of morpholine rings is 2. The first-order valence-corrected chi connectivity index (χ1v) is 12.4. The first-order valence-electron chi connectivity index (χ1n) is 12.0. The monoisotopic (exact) mass is 508 g/mol. The molecule has 3 aromatic rings. The number of hydrogen-bond donors (Lipinski definition) is 1. The molecule has 2 aliphatic rings. The Morgan fingerprint density at radius 1 is 0.917 bits per heavy atom. The van der Waals surface area contributed by atoms with E-state index in [1.165, 1.54) is 0 Å². The second-order valence-corrected chi connectivity index (χ2v) is 8.87. The van der Waals surface area contributed by atoms with Gasteiger partial charge in [0.2, 0.25) is 5.95 Å². The molecule has 3 heterocycles. The summed E-state index contributed by atoms with van der Waals surface area (Å²) in [5.74, 6) is 2.81. The van der Waals surface area contributed by atoms with Gasteiger partial charge in [-0.3, -0.25) is 5.43 Å². The summed E-state index contributed by atoms with van der Waals surface area (Å²) in [5.41, 5.74) is 4.93. The quantitative estimate of drug-likeness (QED) is 0.363. The van der Waals surface area contributed by atoms with Crippen LogP contribution in [0.25, 0.3) is 0 Å². The molecule has 36 heavy (non-hydrogen) atoms. The molecule has 188 valence electrons. The molecular weight excluding hydrogens is 480 g/mol. The van der Waals surface area contributed by atoms with E-state index in [-0.39, 0.29) is 0 Å². The van der Waals surface area contributed by atoms with Crippen LogP contribution in [0.15, 0.2) is 59.7 Å². The van der Waals surface area contributed by atoms with E-state index in [9.17, 15) is 0 Å². The SMILES string of the molecule is Clc1ccc(OCc2ccccc2)c(C=NNc2cc(N3CCOCC3)nc(N3CCOCC3)n2)c1. The van der Waals surface area contributed by atoms with Crippen LogP contribution >= 0.6 is 11.6 Å². The van der Waals surface area contributed by atoms with Crippen LogP contribution in [0.1, 0.15) is 11.1 Å². The zero-order chi connectivity index (χ0) is 24.6. The van der Waals surface area contributed by atoms with Gasteiger partial charge in [-0.15, -0.1) is 0 Å². The highest BCUT2D eigenvalue weighted by Crippen LogP contribution is 2.24. The number of hydrazone groups is 1. The number of ether oxygens (including phenoxy) is 3. The number of nitrogens with zero attached hydrogens (tertiary/aromatic N) is 5. The number of rotatable bonds is 8. The van der Waals surface area contributed by atoms with E-state index in [4.69, 9.17) is 35.8 Å². The molecule has 10 heteroatoms. The van der Waals surface area contributed by atoms with Crippen LogP contribution in [0.2, 0.25) is 5.02 Å². The molecule has 2 aliphatic heterocycles. The Balaban J connectivity index is 1.34. The lowest BCUT2D eigenvalue weighted by molar-refractivity contribution is 0.121. The Bertz CT molecular complexity index is 1130. The van der Waals surface area contributed by atoms with Crippen LogP contribution in [0.5, 0.6) is 5.75 Å². The maximum atomic E-state index is 6.25. The van der Waals surface area contributed by atoms with Crippen LogP contribution in [0.4, 0.5) is 17.6 Å². The number of hydrogen-bond acceptors (Lipinski definition) is 9. The predicted octanol–water partition coefficient (Wildman–Crippen LogP) is 3.83. The summed E-state index contributed by atoms with van der Waals surface area (Å²) in [5, 5.41) is 5.06. The fourth-order valence-electron chi connectivity index (χ4n) is 3.99. The molecule has 0 radical (unpaired) electrons. The number of nitrogens with one attached hydrogen (secondary N) is 1. The summed E-state index contributed by atoms with van der Waals surface area (Å²) in [4.78, 5) is 13.9. The van der Waals surface area contributed by atoms with Gasteiger partial charge in [-0.1, -0.05) is 41.9 Å². The van der Waals surface area contributed by atoms with Crippen LogP contribution in [-0.2, 0) is 16.1 Å². The lowest BCUT2D eigenvalue weighted by Crippen LogP contribution is -2.39. The number of aromatic nitrogens is 2. The second-order valence-electron chi connectivity index (χ2n) is 8.44. The van der Waals surface area contributed by atoms with Crippen LogP contribution in [-0.4, -0.2) is 68.8 Å². The van der Waals surface area contributed by atoms with Crippen LogP contribution < -0.4 is 20.0 Å². The molecule has 5 rings (SSSR count). The van der Waals surface area contributed by atoms with E-state index in [2.05, 4.69) is 20.3 Å². The van der Waals surface area contributed by atoms with Gasteiger partial charge in [0.25, 0.3) is 0 Å². The normalized spacial score (nSPS) is 16.4. The van der Waals surface area contributed by atoms with Gasteiger partial charge in [-0.25, -0.2) is 0 Å². The number of anilines is 3. The molecule has 0 saturated carbocycles. The zero-order valence-corrected chi connectivity index (χ0v) is 20.7. The van der Waals surface area contributed by atoms with Crippen molar-refractivity contribution in [2.75, 3.05) is 67.8 Å². The van der Waals surface area contributed by atoms with Crippen molar-refractivity contribution in [3.63, 3.8) is 0 Å². The first kappa shape index (κ1) is 24.3. The van der Waals surface area contributed by atoms with E-state index >= 15 is 0 Å². The summed E-state index contributed by atoms with van der Waals surface area (Å²) < 4.78 is 17.0. The average molecular weight is 509 g/mol. The predicted molar refractivity (Wildman–Crippen MR) is 142 cm³/mol. The topological polar surface area (TPSA) is 84.3 Å².